The maximum absolute atomic E-state index is 9.84. The highest BCUT2D eigenvalue weighted by Crippen LogP contribution is 2.24. The van der Waals surface area contributed by atoms with E-state index in [1.54, 1.807) is 6.07 Å². The summed E-state index contributed by atoms with van der Waals surface area (Å²) < 4.78 is 0. The van der Waals surface area contributed by atoms with Crippen molar-refractivity contribution in [2.24, 2.45) is 5.10 Å². The maximum atomic E-state index is 9.84. The van der Waals surface area contributed by atoms with Crippen molar-refractivity contribution in [3.05, 3.63) is 29.8 Å². The monoisotopic (exact) mass is 246 g/mol. The van der Waals surface area contributed by atoms with Crippen molar-refractivity contribution in [3.8, 4) is 5.75 Å². The van der Waals surface area contributed by atoms with Gasteiger partial charge < -0.3 is 5.11 Å². The molecule has 0 saturated carbocycles. The number of piperidine rings is 1. The number of hydrogen-bond acceptors (Lipinski definition) is 3. The second kappa shape index (κ2) is 5.42. The number of nitrogens with zero attached hydrogens (tertiary/aromatic N) is 2. The van der Waals surface area contributed by atoms with Crippen LogP contribution < -0.4 is 0 Å². The number of hydrogen-bond donors (Lipinski definition) is 1. The molecule has 3 nitrogen and oxygen atoms in total. The van der Waals surface area contributed by atoms with Gasteiger partial charge in [-0.3, -0.25) is 5.01 Å². The predicted molar refractivity (Wildman–Crippen MR) is 74.9 cm³/mol. The van der Waals surface area contributed by atoms with E-state index in [1.165, 1.54) is 19.3 Å². The number of phenols is 1. The lowest BCUT2D eigenvalue weighted by Crippen LogP contribution is -2.40. The van der Waals surface area contributed by atoms with E-state index < -0.39 is 0 Å². The molecule has 1 heterocycles. The van der Waals surface area contributed by atoms with Crippen LogP contribution in [0.15, 0.2) is 29.4 Å². The molecule has 2 rings (SSSR count). The Morgan fingerprint density at radius 1 is 1.22 bits per heavy atom. The van der Waals surface area contributed by atoms with Gasteiger partial charge in [-0.25, -0.2) is 0 Å². The molecule has 18 heavy (non-hydrogen) atoms. The quantitative estimate of drug-likeness (QED) is 0.812. The van der Waals surface area contributed by atoms with E-state index in [2.05, 4.69) is 18.9 Å². The summed E-state index contributed by atoms with van der Waals surface area (Å²) in [5.74, 6) is 0.302. The van der Waals surface area contributed by atoms with Gasteiger partial charge in [0.05, 0.1) is 5.71 Å². The van der Waals surface area contributed by atoms with Crippen LogP contribution in [0.5, 0.6) is 5.75 Å². The molecule has 0 aromatic heterocycles. The molecule has 1 aromatic carbocycles. The summed E-state index contributed by atoms with van der Waals surface area (Å²) in [6.45, 7) is 6.40. The molecule has 1 aromatic rings. The molecule has 2 atom stereocenters. The van der Waals surface area contributed by atoms with E-state index >= 15 is 0 Å². The van der Waals surface area contributed by atoms with Crippen LogP contribution in [0, 0.1) is 0 Å². The minimum absolute atomic E-state index is 0.302. The number of hydrazone groups is 1. The van der Waals surface area contributed by atoms with E-state index in [9.17, 15) is 5.11 Å². The minimum atomic E-state index is 0.302. The smallest absolute Gasteiger partial charge is 0.124 e. The Morgan fingerprint density at radius 3 is 2.44 bits per heavy atom. The SMILES string of the molecule is CC(=NN1C(C)CCCC1C)c1ccccc1O. The van der Waals surface area contributed by atoms with Crippen LogP contribution in [0.4, 0.5) is 0 Å². The molecular weight excluding hydrogens is 224 g/mol. The highest BCUT2D eigenvalue weighted by molar-refractivity contribution is 6.00. The fourth-order valence-corrected chi connectivity index (χ4v) is 2.61. The molecule has 0 amide bonds. The standard InChI is InChI=1S/C15H22N2O/c1-11-7-6-8-12(2)17(11)16-13(3)14-9-4-5-10-15(14)18/h4-5,9-12,18H,6-8H2,1-3H3. The number of benzene rings is 1. The molecule has 0 aliphatic carbocycles. The van der Waals surface area contributed by atoms with Crippen LogP contribution >= 0.6 is 0 Å². The lowest BCUT2D eigenvalue weighted by Gasteiger charge is -2.37. The van der Waals surface area contributed by atoms with Crippen molar-refractivity contribution >= 4 is 5.71 Å². The average molecular weight is 246 g/mol. The Kier molecular flexibility index (Phi) is 3.90. The van der Waals surface area contributed by atoms with Gasteiger partial charge >= 0.3 is 0 Å². The summed E-state index contributed by atoms with van der Waals surface area (Å²) in [5.41, 5.74) is 1.70. The van der Waals surface area contributed by atoms with Gasteiger partial charge in [-0.15, -0.1) is 0 Å². The van der Waals surface area contributed by atoms with Crippen molar-refractivity contribution in [2.75, 3.05) is 0 Å². The van der Waals surface area contributed by atoms with Crippen molar-refractivity contribution in [3.63, 3.8) is 0 Å². The van der Waals surface area contributed by atoms with Crippen LogP contribution in [-0.4, -0.2) is 27.9 Å². The summed E-state index contributed by atoms with van der Waals surface area (Å²) in [4.78, 5) is 0. The molecule has 1 aliphatic heterocycles. The van der Waals surface area contributed by atoms with Crippen LogP contribution in [0.3, 0.4) is 0 Å². The molecule has 1 saturated heterocycles. The normalized spacial score (nSPS) is 25.3. The van der Waals surface area contributed by atoms with Gasteiger partial charge in [0.1, 0.15) is 5.75 Å². The maximum Gasteiger partial charge on any atom is 0.124 e. The molecule has 1 fully saturated rings. The predicted octanol–water partition coefficient (Wildman–Crippen LogP) is 3.38. The lowest BCUT2D eigenvalue weighted by molar-refractivity contribution is 0.108. The molecule has 0 bridgehead atoms. The molecule has 0 radical (unpaired) electrons. The minimum Gasteiger partial charge on any atom is -0.507 e. The zero-order valence-electron chi connectivity index (χ0n) is 11.4. The van der Waals surface area contributed by atoms with Gasteiger partial charge in [0.15, 0.2) is 0 Å². The fraction of sp³-hybridized carbons (Fsp3) is 0.533. The Hall–Kier alpha value is -1.51. The average Bonchev–Trinajstić information content (AvgIpc) is 2.34. The fourth-order valence-electron chi connectivity index (χ4n) is 2.61. The van der Waals surface area contributed by atoms with Gasteiger partial charge in [0.2, 0.25) is 0 Å². The van der Waals surface area contributed by atoms with E-state index in [1.807, 2.05) is 25.1 Å². The number of phenolic OH excluding ortho intramolecular Hbond substituents is 1. The van der Waals surface area contributed by atoms with Crippen molar-refractivity contribution in [1.29, 1.82) is 0 Å². The molecule has 0 spiro atoms. The Morgan fingerprint density at radius 2 is 1.83 bits per heavy atom. The van der Waals surface area contributed by atoms with E-state index in [4.69, 9.17) is 5.10 Å². The summed E-state index contributed by atoms with van der Waals surface area (Å²) in [7, 11) is 0. The molecule has 1 N–H and O–H groups in total. The van der Waals surface area contributed by atoms with Crippen LogP contribution in [0.25, 0.3) is 0 Å². The third kappa shape index (κ3) is 2.66. The molecule has 1 aliphatic rings. The van der Waals surface area contributed by atoms with Crippen molar-refractivity contribution < 1.29 is 5.11 Å². The number of para-hydroxylation sites is 1. The zero-order chi connectivity index (χ0) is 13.1. The van der Waals surface area contributed by atoms with E-state index in [-0.39, 0.29) is 0 Å². The first-order valence-corrected chi connectivity index (χ1v) is 6.71. The first kappa shape index (κ1) is 12.9. The molecular formula is C15H22N2O. The van der Waals surface area contributed by atoms with Gasteiger partial charge in [0, 0.05) is 17.6 Å². The van der Waals surface area contributed by atoms with Crippen LogP contribution in [0.2, 0.25) is 0 Å². The summed E-state index contributed by atoms with van der Waals surface area (Å²) in [5, 5.41) is 16.7. The summed E-state index contributed by atoms with van der Waals surface area (Å²) >= 11 is 0. The molecule has 2 unspecified atom stereocenters. The number of rotatable bonds is 2. The van der Waals surface area contributed by atoms with Gasteiger partial charge in [0.25, 0.3) is 0 Å². The summed E-state index contributed by atoms with van der Waals surface area (Å²) in [6.07, 6.45) is 3.67. The molecule has 3 heteroatoms. The highest BCUT2D eigenvalue weighted by atomic mass is 16.3. The topological polar surface area (TPSA) is 35.8 Å². The van der Waals surface area contributed by atoms with E-state index in [0.29, 0.717) is 17.8 Å². The highest BCUT2D eigenvalue weighted by Gasteiger charge is 2.23. The van der Waals surface area contributed by atoms with Crippen molar-refractivity contribution in [1.82, 2.24) is 5.01 Å². The van der Waals surface area contributed by atoms with E-state index in [0.717, 1.165) is 11.3 Å². The zero-order valence-corrected chi connectivity index (χ0v) is 11.4. The van der Waals surface area contributed by atoms with Crippen LogP contribution in [-0.2, 0) is 0 Å². The Labute approximate surface area is 109 Å². The van der Waals surface area contributed by atoms with Gasteiger partial charge in [-0.2, -0.15) is 5.10 Å². The van der Waals surface area contributed by atoms with Gasteiger partial charge in [-0.1, -0.05) is 12.1 Å². The lowest BCUT2D eigenvalue weighted by atomic mass is 10.00. The Balaban J connectivity index is 2.24. The first-order valence-electron chi connectivity index (χ1n) is 6.71. The molecule has 98 valence electrons. The third-order valence-electron chi connectivity index (χ3n) is 3.71. The van der Waals surface area contributed by atoms with Crippen molar-refractivity contribution in [2.45, 2.75) is 52.1 Å². The first-order chi connectivity index (χ1) is 8.59. The second-order valence-electron chi connectivity index (χ2n) is 5.21. The Bertz CT molecular complexity index is 432. The van der Waals surface area contributed by atoms with Crippen LogP contribution in [0.1, 0.15) is 45.6 Å². The summed E-state index contributed by atoms with van der Waals surface area (Å²) in [6, 6.07) is 8.34. The third-order valence-corrected chi connectivity index (χ3v) is 3.71. The number of aromatic hydroxyl groups is 1. The largest absolute Gasteiger partial charge is 0.507 e. The second-order valence-corrected chi connectivity index (χ2v) is 5.21. The van der Waals surface area contributed by atoms with Gasteiger partial charge in [-0.05, 0) is 52.2 Å².